The number of nitrogens with zero attached hydrogens (tertiary/aromatic N) is 1. The number of esters is 1. The molecule has 2 aromatic carbocycles. The summed E-state index contributed by atoms with van der Waals surface area (Å²) in [6, 6.07) is 10.1. The number of fused-ring (bicyclic) bond motifs is 1. The fraction of sp³-hybridized carbons (Fsp3) is 0.150. The molecule has 0 radical (unpaired) electrons. The Morgan fingerprint density at radius 2 is 1.93 bits per heavy atom. The van der Waals surface area contributed by atoms with Crippen LogP contribution in [0.2, 0.25) is 5.02 Å². The third-order valence-corrected chi connectivity index (χ3v) is 4.75. The number of halogens is 1. The molecule has 3 rings (SSSR count). The van der Waals surface area contributed by atoms with Gasteiger partial charge in [0, 0.05) is 21.0 Å². The van der Waals surface area contributed by atoms with E-state index in [-0.39, 0.29) is 5.76 Å². The number of thiocyanates is 1. The van der Waals surface area contributed by atoms with Crippen molar-refractivity contribution in [3.8, 4) is 5.40 Å². The normalized spacial score (nSPS) is 10.5. The fourth-order valence-electron chi connectivity index (χ4n) is 2.73. The zero-order valence-corrected chi connectivity index (χ0v) is 16.6. The Bertz CT molecular complexity index is 1090. The zero-order valence-electron chi connectivity index (χ0n) is 15.0. The van der Waals surface area contributed by atoms with Crippen molar-refractivity contribution in [1.29, 1.82) is 5.26 Å². The second-order valence-corrected chi connectivity index (χ2v) is 7.34. The van der Waals surface area contributed by atoms with E-state index in [4.69, 9.17) is 26.0 Å². The largest absolute Gasteiger partial charge is 0.450 e. The fourth-order valence-corrected chi connectivity index (χ4v) is 3.48. The van der Waals surface area contributed by atoms with Gasteiger partial charge in [-0.2, -0.15) is 5.26 Å². The molecule has 1 amide bonds. The summed E-state index contributed by atoms with van der Waals surface area (Å²) >= 11 is 6.96. The zero-order chi connectivity index (χ0) is 20.3. The monoisotopic (exact) mass is 414 g/mol. The average molecular weight is 415 g/mol. The van der Waals surface area contributed by atoms with Crippen molar-refractivity contribution in [2.45, 2.75) is 18.7 Å². The first-order valence-corrected chi connectivity index (χ1v) is 9.40. The molecule has 0 bridgehead atoms. The highest BCUT2D eigenvalue weighted by molar-refractivity contribution is 8.03. The first-order valence-electron chi connectivity index (χ1n) is 8.20. The van der Waals surface area contributed by atoms with E-state index in [1.165, 1.54) is 6.07 Å². The third-order valence-electron chi connectivity index (χ3n) is 3.95. The van der Waals surface area contributed by atoms with Crippen LogP contribution in [0.5, 0.6) is 0 Å². The maximum Gasteiger partial charge on any atom is 0.374 e. The number of furan rings is 1. The lowest BCUT2D eigenvalue weighted by Crippen LogP contribution is -2.21. The van der Waals surface area contributed by atoms with Crippen LogP contribution in [-0.2, 0) is 9.53 Å². The Balaban J connectivity index is 1.63. The maximum atomic E-state index is 12.2. The molecule has 0 saturated heterocycles. The third kappa shape index (κ3) is 4.47. The maximum absolute atomic E-state index is 12.2. The molecule has 0 unspecified atom stereocenters. The van der Waals surface area contributed by atoms with Crippen LogP contribution in [0.1, 0.15) is 21.7 Å². The number of anilines is 1. The lowest BCUT2D eigenvalue weighted by atomic mass is 10.1. The van der Waals surface area contributed by atoms with E-state index >= 15 is 0 Å². The Hall–Kier alpha value is -2.95. The molecule has 1 N–H and O–H groups in total. The molecule has 0 aliphatic heterocycles. The van der Waals surface area contributed by atoms with Crippen molar-refractivity contribution in [3.63, 3.8) is 0 Å². The first kappa shape index (κ1) is 19.8. The number of amides is 1. The molecule has 28 heavy (non-hydrogen) atoms. The molecule has 142 valence electrons. The standard InChI is InChI=1S/C20H15ClN2O4S/c1-11-5-15(28-10-22)6-12(2)19(11)23-18(24)9-26-20(25)17-8-13-7-14(21)3-4-16(13)27-17/h3-8H,9H2,1-2H3,(H,23,24). The number of thioether (sulfide) groups is 1. The lowest BCUT2D eigenvalue weighted by Gasteiger charge is -2.12. The van der Waals surface area contributed by atoms with Gasteiger partial charge in [0.05, 0.1) is 0 Å². The van der Waals surface area contributed by atoms with Crippen LogP contribution < -0.4 is 5.32 Å². The van der Waals surface area contributed by atoms with E-state index in [0.29, 0.717) is 21.7 Å². The van der Waals surface area contributed by atoms with Gasteiger partial charge in [-0.25, -0.2) is 4.79 Å². The quantitative estimate of drug-likeness (QED) is 0.356. The molecule has 1 aromatic heterocycles. The lowest BCUT2D eigenvalue weighted by molar-refractivity contribution is -0.119. The average Bonchev–Trinajstić information content (AvgIpc) is 3.06. The number of carbonyl (C=O) groups excluding carboxylic acids is 2. The highest BCUT2D eigenvalue weighted by Crippen LogP contribution is 2.27. The number of benzene rings is 2. The molecule has 3 aromatic rings. The van der Waals surface area contributed by atoms with Gasteiger partial charge in [0.25, 0.3) is 5.91 Å². The van der Waals surface area contributed by atoms with Gasteiger partial charge in [0.1, 0.15) is 11.0 Å². The van der Waals surface area contributed by atoms with Crippen molar-refractivity contribution < 1.29 is 18.7 Å². The highest BCUT2D eigenvalue weighted by Gasteiger charge is 2.17. The number of ether oxygens (including phenoxy) is 1. The van der Waals surface area contributed by atoms with Gasteiger partial charge < -0.3 is 14.5 Å². The van der Waals surface area contributed by atoms with E-state index in [9.17, 15) is 9.59 Å². The van der Waals surface area contributed by atoms with Crippen LogP contribution in [0.15, 0.2) is 45.7 Å². The first-order chi connectivity index (χ1) is 13.4. The predicted octanol–water partition coefficient (Wildman–Crippen LogP) is 5.07. The van der Waals surface area contributed by atoms with Gasteiger partial charge in [-0.1, -0.05) is 11.6 Å². The van der Waals surface area contributed by atoms with Crippen LogP contribution in [0.3, 0.4) is 0 Å². The predicted molar refractivity (Wildman–Crippen MR) is 108 cm³/mol. The summed E-state index contributed by atoms with van der Waals surface area (Å²) in [5.74, 6) is -1.22. The van der Waals surface area contributed by atoms with E-state index in [0.717, 1.165) is 27.8 Å². The highest BCUT2D eigenvalue weighted by atomic mass is 35.5. The second-order valence-electron chi connectivity index (χ2n) is 6.04. The Morgan fingerprint density at radius 3 is 2.61 bits per heavy atom. The smallest absolute Gasteiger partial charge is 0.374 e. The van der Waals surface area contributed by atoms with Gasteiger partial charge in [0.15, 0.2) is 6.61 Å². The summed E-state index contributed by atoms with van der Waals surface area (Å²) in [6.07, 6.45) is 0. The molecule has 1 heterocycles. The van der Waals surface area contributed by atoms with Gasteiger partial charge in [-0.05, 0) is 73.1 Å². The van der Waals surface area contributed by atoms with Crippen LogP contribution in [0, 0.1) is 24.5 Å². The molecule has 8 heteroatoms. The number of rotatable bonds is 5. The molecular formula is C20H15ClN2O4S. The number of aryl methyl sites for hydroxylation is 2. The number of hydrogen-bond acceptors (Lipinski definition) is 6. The SMILES string of the molecule is Cc1cc(SC#N)cc(C)c1NC(=O)COC(=O)c1cc2cc(Cl)ccc2o1. The van der Waals surface area contributed by atoms with Crippen LogP contribution in [-0.4, -0.2) is 18.5 Å². The molecular weight excluding hydrogens is 400 g/mol. The molecule has 0 atom stereocenters. The minimum absolute atomic E-state index is 0.00434. The summed E-state index contributed by atoms with van der Waals surface area (Å²) in [7, 11) is 0. The van der Waals surface area contributed by atoms with Crippen molar-refractivity contribution in [3.05, 3.63) is 58.3 Å². The van der Waals surface area contributed by atoms with Gasteiger partial charge in [-0.15, -0.1) is 0 Å². The Morgan fingerprint density at radius 1 is 1.21 bits per heavy atom. The van der Waals surface area contributed by atoms with Gasteiger partial charge in [0.2, 0.25) is 5.76 Å². The van der Waals surface area contributed by atoms with Crippen LogP contribution in [0.4, 0.5) is 5.69 Å². The summed E-state index contributed by atoms with van der Waals surface area (Å²) < 4.78 is 10.5. The number of nitrogens with one attached hydrogen (secondary N) is 1. The molecule has 0 aliphatic carbocycles. The summed E-state index contributed by atoms with van der Waals surface area (Å²) in [6.45, 7) is 3.20. The topological polar surface area (TPSA) is 92.3 Å². The number of hydrogen-bond donors (Lipinski definition) is 1. The van der Waals surface area contributed by atoms with Crippen molar-refractivity contribution >= 4 is 51.9 Å². The van der Waals surface area contributed by atoms with Crippen molar-refractivity contribution in [1.82, 2.24) is 0 Å². The summed E-state index contributed by atoms with van der Waals surface area (Å²) in [5, 5.41) is 14.7. The molecule has 0 fully saturated rings. The molecule has 6 nitrogen and oxygen atoms in total. The Labute approximate surface area is 170 Å². The van der Waals surface area contributed by atoms with Crippen molar-refractivity contribution in [2.75, 3.05) is 11.9 Å². The number of carbonyl (C=O) groups is 2. The van der Waals surface area contributed by atoms with Crippen LogP contribution in [0.25, 0.3) is 11.0 Å². The summed E-state index contributed by atoms with van der Waals surface area (Å²) in [5.41, 5.74) is 2.75. The van der Waals surface area contributed by atoms with E-state index in [1.54, 1.807) is 18.2 Å². The van der Waals surface area contributed by atoms with Gasteiger partial charge >= 0.3 is 5.97 Å². The molecule has 0 aliphatic rings. The van der Waals surface area contributed by atoms with E-state index in [1.807, 2.05) is 31.4 Å². The minimum atomic E-state index is -0.739. The minimum Gasteiger partial charge on any atom is -0.450 e. The molecule has 0 saturated carbocycles. The second kappa shape index (κ2) is 8.38. The molecule has 0 spiro atoms. The van der Waals surface area contributed by atoms with Gasteiger partial charge in [-0.3, -0.25) is 4.79 Å². The van der Waals surface area contributed by atoms with E-state index in [2.05, 4.69) is 5.32 Å². The Kier molecular flexibility index (Phi) is 5.93. The van der Waals surface area contributed by atoms with Crippen LogP contribution >= 0.6 is 23.4 Å². The van der Waals surface area contributed by atoms with E-state index < -0.39 is 18.5 Å². The van der Waals surface area contributed by atoms with Crippen molar-refractivity contribution in [2.24, 2.45) is 0 Å². The number of nitriles is 1. The summed E-state index contributed by atoms with van der Waals surface area (Å²) in [4.78, 5) is 25.1.